The Morgan fingerprint density at radius 3 is 2.91 bits per heavy atom. The second-order valence-electron chi connectivity index (χ2n) is 5.00. The second-order valence-corrected chi connectivity index (χ2v) is 6.70. The number of rotatable bonds is 8. The number of anilines is 2. The van der Waals surface area contributed by atoms with E-state index in [9.17, 15) is 4.79 Å². The highest BCUT2D eigenvalue weighted by Crippen LogP contribution is 2.28. The molecular weight excluding hydrogens is 334 g/mol. The summed E-state index contributed by atoms with van der Waals surface area (Å²) in [7, 11) is 1.59. The molecule has 0 unspecified atom stereocenters. The zero-order valence-corrected chi connectivity index (χ0v) is 14.8. The number of aromatic nitrogens is 1. The summed E-state index contributed by atoms with van der Waals surface area (Å²) in [5.41, 5.74) is 1.56. The first kappa shape index (κ1) is 17.6. The van der Waals surface area contributed by atoms with Crippen LogP contribution in [0.5, 0.6) is 5.75 Å². The van der Waals surface area contributed by atoms with E-state index in [4.69, 9.17) is 16.3 Å². The van der Waals surface area contributed by atoms with E-state index < -0.39 is 0 Å². The van der Waals surface area contributed by atoms with Crippen molar-refractivity contribution in [3.8, 4) is 5.75 Å². The number of thiazole rings is 1. The molecular formula is C16H20ClN3O2S. The van der Waals surface area contributed by atoms with Crippen LogP contribution in [0.15, 0.2) is 24.4 Å². The Hall–Kier alpha value is -1.79. The fourth-order valence-electron chi connectivity index (χ4n) is 2.02. The summed E-state index contributed by atoms with van der Waals surface area (Å²) in [5.74, 6) is 0.637. The van der Waals surface area contributed by atoms with E-state index >= 15 is 0 Å². The van der Waals surface area contributed by atoms with E-state index in [-0.39, 0.29) is 5.91 Å². The molecule has 124 valence electrons. The van der Waals surface area contributed by atoms with Crippen molar-refractivity contribution in [2.45, 2.75) is 32.7 Å². The van der Waals surface area contributed by atoms with E-state index in [0.717, 1.165) is 23.4 Å². The largest absolute Gasteiger partial charge is 0.495 e. The van der Waals surface area contributed by atoms with Gasteiger partial charge in [0, 0.05) is 23.2 Å². The van der Waals surface area contributed by atoms with Gasteiger partial charge < -0.3 is 15.4 Å². The molecule has 5 nitrogen and oxygen atoms in total. The number of amides is 1. The minimum absolute atomic E-state index is 0.00320. The fraction of sp³-hybridized carbons (Fsp3) is 0.375. The topological polar surface area (TPSA) is 63.2 Å². The summed E-state index contributed by atoms with van der Waals surface area (Å²) in [4.78, 5) is 17.0. The average Bonchev–Trinajstić information content (AvgIpc) is 2.96. The highest BCUT2D eigenvalue weighted by Gasteiger charge is 2.09. The molecule has 0 aliphatic carbocycles. The molecule has 0 fully saturated rings. The minimum Gasteiger partial charge on any atom is -0.495 e. The highest BCUT2D eigenvalue weighted by molar-refractivity contribution is 7.15. The second kappa shape index (κ2) is 8.74. The number of unbranched alkanes of at least 4 members (excludes halogenated alkanes) is 1. The van der Waals surface area contributed by atoms with E-state index in [1.165, 1.54) is 11.3 Å². The third kappa shape index (κ3) is 5.41. The van der Waals surface area contributed by atoms with Gasteiger partial charge in [0.25, 0.3) is 0 Å². The molecule has 2 N–H and O–H groups in total. The van der Waals surface area contributed by atoms with Crippen molar-refractivity contribution in [2.75, 3.05) is 17.7 Å². The van der Waals surface area contributed by atoms with Crippen molar-refractivity contribution in [2.24, 2.45) is 0 Å². The molecule has 0 atom stereocenters. The van der Waals surface area contributed by atoms with Crippen molar-refractivity contribution in [1.82, 2.24) is 4.98 Å². The lowest BCUT2D eigenvalue weighted by molar-refractivity contribution is -0.116. The van der Waals surface area contributed by atoms with Gasteiger partial charge in [-0.3, -0.25) is 4.79 Å². The molecule has 0 saturated heterocycles. The molecule has 0 radical (unpaired) electrons. The highest BCUT2D eigenvalue weighted by atomic mass is 35.5. The van der Waals surface area contributed by atoms with Crippen LogP contribution in [0.3, 0.4) is 0 Å². The maximum absolute atomic E-state index is 11.9. The summed E-state index contributed by atoms with van der Waals surface area (Å²) in [6.07, 6.45) is 4.12. The number of carbonyl (C=O) groups is 1. The van der Waals surface area contributed by atoms with Crippen LogP contribution in [0.2, 0.25) is 4.47 Å². The first-order chi connectivity index (χ1) is 11.1. The monoisotopic (exact) mass is 353 g/mol. The summed E-state index contributed by atoms with van der Waals surface area (Å²) < 4.78 is 5.83. The minimum atomic E-state index is -0.00320. The summed E-state index contributed by atoms with van der Waals surface area (Å²) in [6.45, 7) is 2.68. The predicted octanol–water partition coefficient (Wildman–Crippen LogP) is 4.55. The maximum Gasteiger partial charge on any atom is 0.224 e. The molecule has 0 aliphatic heterocycles. The number of nitrogens with zero attached hydrogens (tertiary/aromatic N) is 1. The van der Waals surface area contributed by atoms with Crippen molar-refractivity contribution in [1.29, 1.82) is 0 Å². The van der Waals surface area contributed by atoms with Gasteiger partial charge in [-0.05, 0) is 24.6 Å². The van der Waals surface area contributed by atoms with Gasteiger partial charge in [-0.25, -0.2) is 4.98 Å². The molecule has 2 rings (SSSR count). The molecule has 1 heterocycles. The molecule has 1 aromatic heterocycles. The predicted molar refractivity (Wildman–Crippen MR) is 95.6 cm³/mol. The SMILES string of the molecule is CCCCC(=O)Nc1cc(NCc2cnc(Cl)s2)ccc1OC. The molecule has 7 heteroatoms. The van der Waals surface area contributed by atoms with E-state index in [0.29, 0.717) is 28.9 Å². The van der Waals surface area contributed by atoms with Crippen LogP contribution < -0.4 is 15.4 Å². The van der Waals surface area contributed by atoms with Gasteiger partial charge in [-0.15, -0.1) is 11.3 Å². The van der Waals surface area contributed by atoms with E-state index in [1.54, 1.807) is 13.3 Å². The van der Waals surface area contributed by atoms with Crippen LogP contribution >= 0.6 is 22.9 Å². The number of methoxy groups -OCH3 is 1. The Labute approximate surface area is 145 Å². The van der Waals surface area contributed by atoms with Crippen molar-refractivity contribution < 1.29 is 9.53 Å². The third-order valence-corrected chi connectivity index (χ3v) is 4.34. The fourth-order valence-corrected chi connectivity index (χ4v) is 2.94. The van der Waals surface area contributed by atoms with E-state index in [1.807, 2.05) is 18.2 Å². The van der Waals surface area contributed by atoms with E-state index in [2.05, 4.69) is 22.5 Å². The lowest BCUT2D eigenvalue weighted by Crippen LogP contribution is -2.12. The summed E-state index contributed by atoms with van der Waals surface area (Å²) in [5, 5.41) is 6.19. The molecule has 0 bridgehead atoms. The molecule has 1 aromatic carbocycles. The molecule has 0 spiro atoms. The van der Waals surface area contributed by atoms with Crippen LogP contribution in [0, 0.1) is 0 Å². The number of carbonyl (C=O) groups excluding carboxylic acids is 1. The molecule has 1 amide bonds. The maximum atomic E-state index is 11.9. The molecule has 0 saturated carbocycles. The van der Waals surface area contributed by atoms with Crippen molar-refractivity contribution in [3.63, 3.8) is 0 Å². The molecule has 0 aliphatic rings. The number of halogens is 1. The lowest BCUT2D eigenvalue weighted by Gasteiger charge is -2.13. The zero-order valence-electron chi connectivity index (χ0n) is 13.2. The molecule has 23 heavy (non-hydrogen) atoms. The lowest BCUT2D eigenvalue weighted by atomic mass is 10.2. The number of nitrogens with one attached hydrogen (secondary N) is 2. The first-order valence-corrected chi connectivity index (χ1v) is 8.63. The summed E-state index contributed by atoms with van der Waals surface area (Å²) >= 11 is 7.26. The van der Waals surface area contributed by atoms with Crippen LogP contribution in [-0.2, 0) is 11.3 Å². The van der Waals surface area contributed by atoms with Crippen LogP contribution in [0.4, 0.5) is 11.4 Å². The van der Waals surface area contributed by atoms with Gasteiger partial charge >= 0.3 is 0 Å². The Bertz CT molecular complexity index is 661. The quantitative estimate of drug-likeness (QED) is 0.731. The zero-order chi connectivity index (χ0) is 16.7. The van der Waals surface area contributed by atoms with Gasteiger partial charge in [0.15, 0.2) is 4.47 Å². The standard InChI is InChI=1S/C16H20ClN3O2S/c1-3-4-5-15(21)20-13-8-11(6-7-14(13)22-2)18-9-12-10-19-16(17)23-12/h6-8,10,18H,3-5,9H2,1-2H3,(H,20,21). The van der Waals surface area contributed by atoms with Gasteiger partial charge in [0.05, 0.1) is 19.3 Å². The Morgan fingerprint density at radius 2 is 2.26 bits per heavy atom. The Morgan fingerprint density at radius 1 is 1.43 bits per heavy atom. The first-order valence-electron chi connectivity index (χ1n) is 7.44. The van der Waals surface area contributed by atoms with Crippen molar-refractivity contribution >= 4 is 40.2 Å². The molecule has 2 aromatic rings. The van der Waals surface area contributed by atoms with Crippen LogP contribution in [0.1, 0.15) is 31.1 Å². The average molecular weight is 354 g/mol. The third-order valence-electron chi connectivity index (χ3n) is 3.22. The Balaban J connectivity index is 2.03. The number of ether oxygens (including phenoxy) is 1. The van der Waals surface area contributed by atoms with Crippen LogP contribution in [-0.4, -0.2) is 18.0 Å². The summed E-state index contributed by atoms with van der Waals surface area (Å²) in [6, 6.07) is 5.60. The van der Waals surface area contributed by atoms with Gasteiger partial charge in [0.2, 0.25) is 5.91 Å². The van der Waals surface area contributed by atoms with Gasteiger partial charge in [-0.1, -0.05) is 24.9 Å². The van der Waals surface area contributed by atoms with Crippen LogP contribution in [0.25, 0.3) is 0 Å². The number of benzene rings is 1. The van der Waals surface area contributed by atoms with Gasteiger partial charge in [0.1, 0.15) is 5.75 Å². The Kier molecular flexibility index (Phi) is 6.67. The van der Waals surface area contributed by atoms with Gasteiger partial charge in [-0.2, -0.15) is 0 Å². The van der Waals surface area contributed by atoms with Crippen molar-refractivity contribution in [3.05, 3.63) is 33.7 Å². The number of hydrogen-bond donors (Lipinski definition) is 2. The number of hydrogen-bond acceptors (Lipinski definition) is 5. The normalized spacial score (nSPS) is 10.4. The smallest absolute Gasteiger partial charge is 0.224 e.